The number of aliphatic hydroxyl groups excluding tert-OH is 1. The number of aliphatic hydroxyl groups is 1. The van der Waals surface area contributed by atoms with E-state index in [1.54, 1.807) is 0 Å². The Labute approximate surface area is 117 Å². The monoisotopic (exact) mass is 268 g/mol. The molecule has 0 aliphatic rings. The van der Waals surface area contributed by atoms with Crippen molar-refractivity contribution in [1.82, 2.24) is 10.1 Å². The maximum atomic E-state index is 9.87. The quantitative estimate of drug-likeness (QED) is 0.783. The molecule has 0 aliphatic carbocycles. The predicted octanol–water partition coefficient (Wildman–Crippen LogP) is 3.72. The van der Waals surface area contributed by atoms with Crippen LogP contribution in [-0.4, -0.2) is 15.2 Å². The summed E-state index contributed by atoms with van der Waals surface area (Å²) in [6, 6.07) is 14.1. The second-order valence-electron chi connectivity index (χ2n) is 4.82. The van der Waals surface area contributed by atoms with Gasteiger partial charge in [-0.15, -0.1) is 0 Å². The summed E-state index contributed by atoms with van der Waals surface area (Å²) in [4.78, 5) is 4.28. The van der Waals surface area contributed by atoms with Crippen LogP contribution in [0.3, 0.4) is 0 Å². The highest BCUT2D eigenvalue weighted by Crippen LogP contribution is 2.25. The maximum Gasteiger partial charge on any atom is 0.258 e. The fourth-order valence-corrected chi connectivity index (χ4v) is 2.21. The topological polar surface area (TPSA) is 59.2 Å². The van der Waals surface area contributed by atoms with Crippen LogP contribution >= 0.6 is 0 Å². The Bertz CT molecular complexity index is 721. The molecule has 1 heterocycles. The van der Waals surface area contributed by atoms with Gasteiger partial charge in [0, 0.05) is 5.56 Å². The second kappa shape index (κ2) is 5.43. The van der Waals surface area contributed by atoms with Crippen molar-refractivity contribution in [1.29, 1.82) is 0 Å². The molecule has 0 bridgehead atoms. The lowest BCUT2D eigenvalue weighted by Gasteiger charge is -2.01. The number of aromatic nitrogens is 2. The van der Waals surface area contributed by atoms with Gasteiger partial charge in [-0.05, 0) is 29.3 Å². The fraction of sp³-hybridized carbons (Fsp3) is 0.250. The molecular weight excluding hydrogens is 252 g/mol. The van der Waals surface area contributed by atoms with Gasteiger partial charge in [0.25, 0.3) is 5.89 Å². The lowest BCUT2D eigenvalue weighted by Crippen LogP contribution is -1.98. The number of benzene rings is 2. The van der Waals surface area contributed by atoms with Gasteiger partial charge in [-0.2, -0.15) is 4.98 Å². The van der Waals surface area contributed by atoms with Crippen LogP contribution in [0.4, 0.5) is 0 Å². The zero-order chi connectivity index (χ0) is 13.9. The minimum Gasteiger partial charge on any atom is -0.385 e. The molecule has 1 atom stereocenters. The zero-order valence-electron chi connectivity index (χ0n) is 11.3. The molecule has 102 valence electrons. The standard InChI is InChI=1S/C16H16N2O2/c1-2-5-14(19)15-17-16(20-18-15)13-9-8-11-6-3-4-7-12(11)10-13/h3-4,6-10,14,19H,2,5H2,1H3. The van der Waals surface area contributed by atoms with E-state index in [-0.39, 0.29) is 0 Å². The Morgan fingerprint density at radius 3 is 2.75 bits per heavy atom. The average molecular weight is 268 g/mol. The van der Waals surface area contributed by atoms with Gasteiger partial charge < -0.3 is 9.63 Å². The molecule has 1 N–H and O–H groups in total. The summed E-state index contributed by atoms with van der Waals surface area (Å²) in [7, 11) is 0. The van der Waals surface area contributed by atoms with E-state index in [0.717, 1.165) is 17.4 Å². The third-order valence-electron chi connectivity index (χ3n) is 3.30. The van der Waals surface area contributed by atoms with Crippen LogP contribution in [0.15, 0.2) is 47.0 Å². The van der Waals surface area contributed by atoms with Crippen molar-refractivity contribution in [3.05, 3.63) is 48.3 Å². The molecule has 0 aliphatic heterocycles. The molecular formula is C16H16N2O2. The molecule has 1 unspecified atom stereocenters. The van der Waals surface area contributed by atoms with E-state index in [1.807, 2.05) is 43.3 Å². The first kappa shape index (κ1) is 12.8. The Balaban J connectivity index is 1.94. The molecule has 0 fully saturated rings. The average Bonchev–Trinajstić information content (AvgIpc) is 2.97. The lowest BCUT2D eigenvalue weighted by atomic mass is 10.1. The zero-order valence-corrected chi connectivity index (χ0v) is 11.3. The van der Waals surface area contributed by atoms with E-state index in [2.05, 4.69) is 16.2 Å². The maximum absolute atomic E-state index is 9.87. The van der Waals surface area contributed by atoms with E-state index >= 15 is 0 Å². The molecule has 0 saturated heterocycles. The minimum atomic E-state index is -0.655. The third kappa shape index (κ3) is 2.42. The normalized spacial score (nSPS) is 12.7. The van der Waals surface area contributed by atoms with Crippen LogP contribution in [0, 0.1) is 0 Å². The Morgan fingerprint density at radius 2 is 1.95 bits per heavy atom. The molecule has 4 nitrogen and oxygen atoms in total. The molecule has 4 heteroatoms. The molecule has 3 rings (SSSR count). The highest BCUT2D eigenvalue weighted by Gasteiger charge is 2.15. The number of hydrogen-bond donors (Lipinski definition) is 1. The summed E-state index contributed by atoms with van der Waals surface area (Å²) >= 11 is 0. The van der Waals surface area contributed by atoms with E-state index < -0.39 is 6.10 Å². The van der Waals surface area contributed by atoms with Crippen molar-refractivity contribution in [3.8, 4) is 11.5 Å². The van der Waals surface area contributed by atoms with Crippen molar-refractivity contribution in [2.45, 2.75) is 25.9 Å². The Morgan fingerprint density at radius 1 is 1.15 bits per heavy atom. The first-order chi connectivity index (χ1) is 9.78. The van der Waals surface area contributed by atoms with Gasteiger partial charge in [-0.1, -0.05) is 48.8 Å². The molecule has 0 amide bonds. The summed E-state index contributed by atoms with van der Waals surface area (Å²) in [5.74, 6) is 0.802. The van der Waals surface area contributed by atoms with Gasteiger partial charge in [0.15, 0.2) is 0 Å². The van der Waals surface area contributed by atoms with Crippen LogP contribution in [0.25, 0.3) is 22.2 Å². The smallest absolute Gasteiger partial charge is 0.258 e. The van der Waals surface area contributed by atoms with Gasteiger partial charge in [0.2, 0.25) is 5.82 Å². The molecule has 1 aromatic heterocycles. The van der Waals surface area contributed by atoms with Crippen molar-refractivity contribution in [2.75, 3.05) is 0 Å². The van der Waals surface area contributed by atoms with Crippen LogP contribution in [-0.2, 0) is 0 Å². The van der Waals surface area contributed by atoms with Crippen LogP contribution in [0.2, 0.25) is 0 Å². The Kier molecular flexibility index (Phi) is 3.48. The lowest BCUT2D eigenvalue weighted by molar-refractivity contribution is 0.153. The summed E-state index contributed by atoms with van der Waals surface area (Å²) in [6.45, 7) is 2.01. The minimum absolute atomic E-state index is 0.356. The summed E-state index contributed by atoms with van der Waals surface area (Å²) < 4.78 is 5.25. The van der Waals surface area contributed by atoms with Crippen LogP contribution in [0.1, 0.15) is 31.7 Å². The highest BCUT2D eigenvalue weighted by atomic mass is 16.5. The molecule has 0 radical (unpaired) electrons. The number of fused-ring (bicyclic) bond motifs is 1. The van der Waals surface area contributed by atoms with E-state index in [9.17, 15) is 5.11 Å². The van der Waals surface area contributed by atoms with E-state index in [1.165, 1.54) is 5.39 Å². The first-order valence-electron chi connectivity index (χ1n) is 6.79. The van der Waals surface area contributed by atoms with Crippen molar-refractivity contribution in [3.63, 3.8) is 0 Å². The van der Waals surface area contributed by atoms with Crippen LogP contribution < -0.4 is 0 Å². The molecule has 3 aromatic rings. The first-order valence-corrected chi connectivity index (χ1v) is 6.79. The molecule has 0 spiro atoms. The third-order valence-corrected chi connectivity index (χ3v) is 3.30. The number of nitrogens with zero attached hydrogens (tertiary/aromatic N) is 2. The van der Waals surface area contributed by atoms with Crippen molar-refractivity contribution in [2.24, 2.45) is 0 Å². The second-order valence-corrected chi connectivity index (χ2v) is 4.82. The number of hydrogen-bond acceptors (Lipinski definition) is 4. The Hall–Kier alpha value is -2.20. The summed E-state index contributed by atoms with van der Waals surface area (Å²) in [5, 5.41) is 16.0. The molecule has 2 aromatic carbocycles. The van der Waals surface area contributed by atoms with Gasteiger partial charge in [0.1, 0.15) is 6.10 Å². The van der Waals surface area contributed by atoms with Gasteiger partial charge in [0.05, 0.1) is 0 Å². The highest BCUT2D eigenvalue weighted by molar-refractivity contribution is 5.86. The summed E-state index contributed by atoms with van der Waals surface area (Å²) in [5.41, 5.74) is 0.867. The van der Waals surface area contributed by atoms with Gasteiger partial charge >= 0.3 is 0 Å². The largest absolute Gasteiger partial charge is 0.385 e. The van der Waals surface area contributed by atoms with Gasteiger partial charge in [-0.3, -0.25) is 0 Å². The predicted molar refractivity (Wildman–Crippen MR) is 77.1 cm³/mol. The number of rotatable bonds is 4. The van der Waals surface area contributed by atoms with E-state index in [4.69, 9.17) is 4.52 Å². The molecule has 20 heavy (non-hydrogen) atoms. The fourth-order valence-electron chi connectivity index (χ4n) is 2.21. The summed E-state index contributed by atoms with van der Waals surface area (Å²) in [6.07, 6.45) is 0.857. The molecule has 0 saturated carbocycles. The SMILES string of the molecule is CCCC(O)c1noc(-c2ccc3ccccc3c2)n1. The van der Waals surface area contributed by atoms with Crippen LogP contribution in [0.5, 0.6) is 0 Å². The van der Waals surface area contributed by atoms with Crippen molar-refractivity contribution >= 4 is 10.8 Å². The van der Waals surface area contributed by atoms with E-state index in [0.29, 0.717) is 18.1 Å². The van der Waals surface area contributed by atoms with Gasteiger partial charge in [-0.25, -0.2) is 0 Å². The van der Waals surface area contributed by atoms with Crippen molar-refractivity contribution < 1.29 is 9.63 Å².